The van der Waals surface area contributed by atoms with E-state index in [4.69, 9.17) is 0 Å². The van der Waals surface area contributed by atoms with E-state index in [9.17, 15) is 4.79 Å². The van der Waals surface area contributed by atoms with Crippen LogP contribution in [-0.4, -0.2) is 5.91 Å². The van der Waals surface area contributed by atoms with Crippen molar-refractivity contribution in [2.75, 3.05) is 0 Å². The topological polar surface area (TPSA) is 29.1 Å². The molecule has 94 valence electrons. The van der Waals surface area contributed by atoms with Gasteiger partial charge in [0, 0.05) is 4.47 Å². The first kappa shape index (κ1) is 13.8. The lowest BCUT2D eigenvalue weighted by Gasteiger charge is -2.13. The van der Waals surface area contributed by atoms with E-state index < -0.39 is 0 Å². The van der Waals surface area contributed by atoms with Crippen LogP contribution in [0.3, 0.4) is 0 Å². The number of halogens is 2. The molecule has 18 heavy (non-hydrogen) atoms. The van der Waals surface area contributed by atoms with E-state index in [1.807, 2.05) is 43.3 Å². The van der Waals surface area contributed by atoms with E-state index in [2.05, 4.69) is 37.2 Å². The maximum atomic E-state index is 12.1. The van der Waals surface area contributed by atoms with Gasteiger partial charge in [-0.3, -0.25) is 4.79 Å². The number of hydrogen-bond donors (Lipinski definition) is 1. The van der Waals surface area contributed by atoms with Crippen LogP contribution in [-0.2, 0) is 0 Å². The van der Waals surface area contributed by atoms with Crippen molar-refractivity contribution in [3.05, 3.63) is 55.1 Å². The lowest BCUT2D eigenvalue weighted by molar-refractivity contribution is 0.0944. The van der Waals surface area contributed by atoms with Crippen LogP contribution in [0.1, 0.15) is 28.2 Å². The number of benzene rings is 1. The third-order valence-corrected chi connectivity index (χ3v) is 5.77. The SMILES string of the molecule is CC(NC(=O)c1cc(Br)c(Br)s1)c1ccccc1. The lowest BCUT2D eigenvalue weighted by Crippen LogP contribution is -2.25. The van der Waals surface area contributed by atoms with Gasteiger partial charge in [0.15, 0.2) is 0 Å². The summed E-state index contributed by atoms with van der Waals surface area (Å²) in [5.74, 6) is -0.0530. The van der Waals surface area contributed by atoms with Crippen LogP contribution in [0, 0.1) is 0 Å². The Balaban J connectivity index is 2.08. The van der Waals surface area contributed by atoms with Crippen LogP contribution in [0.4, 0.5) is 0 Å². The Morgan fingerprint density at radius 2 is 1.94 bits per heavy atom. The molecule has 1 N–H and O–H groups in total. The maximum absolute atomic E-state index is 12.1. The largest absolute Gasteiger partial charge is 0.345 e. The van der Waals surface area contributed by atoms with Crippen molar-refractivity contribution in [1.82, 2.24) is 5.32 Å². The fourth-order valence-electron chi connectivity index (χ4n) is 1.55. The van der Waals surface area contributed by atoms with Crippen LogP contribution in [0.5, 0.6) is 0 Å². The molecule has 0 saturated heterocycles. The van der Waals surface area contributed by atoms with Gasteiger partial charge in [0.2, 0.25) is 0 Å². The minimum atomic E-state index is -0.0530. The zero-order chi connectivity index (χ0) is 13.1. The molecule has 0 spiro atoms. The predicted octanol–water partition coefficient (Wildman–Crippen LogP) is 4.76. The summed E-state index contributed by atoms with van der Waals surface area (Å²) in [7, 11) is 0. The molecule has 0 aliphatic heterocycles. The monoisotopic (exact) mass is 387 g/mol. The molecule has 2 aromatic rings. The van der Waals surface area contributed by atoms with Crippen molar-refractivity contribution in [2.45, 2.75) is 13.0 Å². The van der Waals surface area contributed by atoms with Gasteiger partial charge in [-0.2, -0.15) is 0 Å². The molecule has 1 atom stereocenters. The molecule has 0 aliphatic carbocycles. The summed E-state index contributed by atoms with van der Waals surface area (Å²) in [4.78, 5) is 12.7. The molecule has 5 heteroatoms. The summed E-state index contributed by atoms with van der Waals surface area (Å²) in [5.41, 5.74) is 1.10. The molecule has 1 heterocycles. The van der Waals surface area contributed by atoms with E-state index in [1.165, 1.54) is 11.3 Å². The normalized spacial score (nSPS) is 12.2. The first-order valence-corrected chi connectivity index (χ1v) is 7.79. The van der Waals surface area contributed by atoms with Crippen molar-refractivity contribution in [3.8, 4) is 0 Å². The van der Waals surface area contributed by atoms with E-state index >= 15 is 0 Å². The molecular formula is C13H11Br2NOS. The van der Waals surface area contributed by atoms with E-state index in [1.54, 1.807) is 0 Å². The predicted molar refractivity (Wildman–Crippen MR) is 82.0 cm³/mol. The van der Waals surface area contributed by atoms with Crippen LogP contribution >= 0.6 is 43.2 Å². The molecule has 1 aromatic carbocycles. The van der Waals surface area contributed by atoms with Crippen molar-refractivity contribution in [2.24, 2.45) is 0 Å². The van der Waals surface area contributed by atoms with Gasteiger partial charge in [0.05, 0.1) is 14.7 Å². The van der Waals surface area contributed by atoms with E-state index in [-0.39, 0.29) is 11.9 Å². The molecule has 1 unspecified atom stereocenters. The summed E-state index contributed by atoms with van der Waals surface area (Å²) in [6.45, 7) is 1.98. The summed E-state index contributed by atoms with van der Waals surface area (Å²) in [5, 5.41) is 2.98. The first-order chi connectivity index (χ1) is 8.58. The minimum absolute atomic E-state index is 0.00153. The quantitative estimate of drug-likeness (QED) is 0.806. The third kappa shape index (κ3) is 3.22. The molecule has 0 bridgehead atoms. The van der Waals surface area contributed by atoms with E-state index in [0.29, 0.717) is 4.88 Å². The van der Waals surface area contributed by atoms with Crippen LogP contribution < -0.4 is 5.32 Å². The van der Waals surface area contributed by atoms with Gasteiger partial charge in [0.25, 0.3) is 5.91 Å². The molecule has 0 saturated carbocycles. The van der Waals surface area contributed by atoms with Crippen molar-refractivity contribution in [3.63, 3.8) is 0 Å². The number of amides is 1. The van der Waals surface area contributed by atoms with Gasteiger partial charge >= 0.3 is 0 Å². The standard InChI is InChI=1S/C13H11Br2NOS/c1-8(9-5-3-2-4-6-9)16-13(17)11-7-10(14)12(15)18-11/h2-8H,1H3,(H,16,17). The second-order valence-electron chi connectivity index (χ2n) is 3.84. The number of carbonyl (C=O) groups is 1. The average Bonchev–Trinajstić information content (AvgIpc) is 2.71. The van der Waals surface area contributed by atoms with Crippen LogP contribution in [0.2, 0.25) is 0 Å². The molecule has 0 fully saturated rings. The fraction of sp³-hybridized carbons (Fsp3) is 0.154. The zero-order valence-electron chi connectivity index (χ0n) is 9.61. The number of nitrogens with one attached hydrogen (secondary N) is 1. The minimum Gasteiger partial charge on any atom is -0.345 e. The van der Waals surface area contributed by atoms with Crippen molar-refractivity contribution < 1.29 is 4.79 Å². The van der Waals surface area contributed by atoms with Gasteiger partial charge in [-0.1, -0.05) is 30.3 Å². The summed E-state index contributed by atoms with van der Waals surface area (Å²) >= 11 is 8.18. The summed E-state index contributed by atoms with van der Waals surface area (Å²) in [6, 6.07) is 11.7. The highest BCUT2D eigenvalue weighted by Crippen LogP contribution is 2.32. The van der Waals surface area contributed by atoms with E-state index in [0.717, 1.165) is 13.8 Å². The molecule has 0 radical (unpaired) electrons. The van der Waals surface area contributed by atoms with Crippen molar-refractivity contribution >= 4 is 49.1 Å². The number of carbonyl (C=O) groups excluding carboxylic acids is 1. The van der Waals surface area contributed by atoms with Gasteiger partial charge in [-0.25, -0.2) is 0 Å². The van der Waals surface area contributed by atoms with Crippen molar-refractivity contribution in [1.29, 1.82) is 0 Å². The van der Waals surface area contributed by atoms with Gasteiger partial charge in [-0.05, 0) is 50.4 Å². The molecular weight excluding hydrogens is 378 g/mol. The highest BCUT2D eigenvalue weighted by atomic mass is 79.9. The van der Waals surface area contributed by atoms with Gasteiger partial charge < -0.3 is 5.32 Å². The zero-order valence-corrected chi connectivity index (χ0v) is 13.6. The summed E-state index contributed by atoms with van der Waals surface area (Å²) in [6.07, 6.45) is 0. The Kier molecular flexibility index (Phi) is 4.59. The second kappa shape index (κ2) is 5.99. The molecule has 2 nitrogen and oxygen atoms in total. The maximum Gasteiger partial charge on any atom is 0.261 e. The smallest absolute Gasteiger partial charge is 0.261 e. The fourth-order valence-corrected chi connectivity index (χ4v) is 3.49. The summed E-state index contributed by atoms with van der Waals surface area (Å²) < 4.78 is 1.84. The molecule has 2 rings (SSSR count). The molecule has 1 amide bonds. The van der Waals surface area contributed by atoms with Gasteiger partial charge in [0.1, 0.15) is 0 Å². The van der Waals surface area contributed by atoms with Crippen LogP contribution in [0.15, 0.2) is 44.7 Å². The highest BCUT2D eigenvalue weighted by Gasteiger charge is 2.14. The Labute approximate surface area is 127 Å². The average molecular weight is 389 g/mol. The first-order valence-electron chi connectivity index (χ1n) is 5.38. The number of thiophene rings is 1. The Bertz CT molecular complexity index is 534. The third-order valence-electron chi connectivity index (χ3n) is 2.52. The molecule has 0 aliphatic rings. The Hall–Kier alpha value is -0.650. The van der Waals surface area contributed by atoms with Gasteiger partial charge in [-0.15, -0.1) is 11.3 Å². The molecule has 1 aromatic heterocycles. The van der Waals surface area contributed by atoms with Crippen LogP contribution in [0.25, 0.3) is 0 Å². The lowest BCUT2D eigenvalue weighted by atomic mass is 10.1. The number of hydrogen-bond acceptors (Lipinski definition) is 2. The number of rotatable bonds is 3. The Morgan fingerprint density at radius 1 is 1.28 bits per heavy atom. The highest BCUT2D eigenvalue weighted by molar-refractivity contribution is 9.13. The Morgan fingerprint density at radius 3 is 2.50 bits per heavy atom. The second-order valence-corrected chi connectivity index (χ2v) is 7.06.